The molecule has 0 spiro atoms. The van der Waals surface area contributed by atoms with Crippen molar-refractivity contribution in [2.75, 3.05) is 19.8 Å². The van der Waals surface area contributed by atoms with Gasteiger partial charge in [-0.1, -0.05) is 30.3 Å². The summed E-state index contributed by atoms with van der Waals surface area (Å²) in [6.45, 7) is 2.37. The predicted molar refractivity (Wildman–Crippen MR) is 82.4 cm³/mol. The molecule has 2 aliphatic rings. The van der Waals surface area contributed by atoms with E-state index in [0.29, 0.717) is 6.10 Å². The minimum atomic E-state index is -0.312. The smallest absolute Gasteiger partial charge is 0.0639 e. The van der Waals surface area contributed by atoms with Gasteiger partial charge < -0.3 is 14.6 Å². The second kappa shape index (κ2) is 6.91. The summed E-state index contributed by atoms with van der Waals surface area (Å²) >= 11 is 0. The van der Waals surface area contributed by atoms with Gasteiger partial charge in [0.05, 0.1) is 12.2 Å². The van der Waals surface area contributed by atoms with Crippen LogP contribution in [0.2, 0.25) is 0 Å². The molecule has 2 fully saturated rings. The number of aliphatic hydroxyl groups is 1. The van der Waals surface area contributed by atoms with Gasteiger partial charge in [-0.05, 0) is 44.1 Å². The summed E-state index contributed by atoms with van der Waals surface area (Å²) in [6.07, 6.45) is 5.95. The zero-order valence-corrected chi connectivity index (χ0v) is 12.7. The van der Waals surface area contributed by atoms with Crippen molar-refractivity contribution in [1.29, 1.82) is 0 Å². The fraction of sp³-hybridized carbons (Fsp3) is 0.667. The van der Waals surface area contributed by atoms with E-state index in [0.717, 1.165) is 51.9 Å². The molecule has 1 aromatic rings. The molecule has 21 heavy (non-hydrogen) atoms. The molecule has 0 bridgehead atoms. The van der Waals surface area contributed by atoms with Crippen LogP contribution in [0.1, 0.15) is 44.1 Å². The lowest BCUT2D eigenvalue weighted by atomic mass is 9.68. The van der Waals surface area contributed by atoms with Crippen LogP contribution in [-0.4, -0.2) is 37.1 Å². The van der Waals surface area contributed by atoms with E-state index in [1.807, 2.05) is 6.07 Å². The summed E-state index contributed by atoms with van der Waals surface area (Å²) < 4.78 is 11.2. The van der Waals surface area contributed by atoms with E-state index < -0.39 is 0 Å². The quantitative estimate of drug-likeness (QED) is 0.906. The summed E-state index contributed by atoms with van der Waals surface area (Å²) in [5.41, 5.74) is 1.12. The molecule has 2 aliphatic heterocycles. The highest BCUT2D eigenvalue weighted by Gasteiger charge is 2.41. The van der Waals surface area contributed by atoms with Crippen molar-refractivity contribution in [3.63, 3.8) is 0 Å². The van der Waals surface area contributed by atoms with Crippen molar-refractivity contribution in [2.45, 2.75) is 56.1 Å². The van der Waals surface area contributed by atoms with E-state index in [1.165, 1.54) is 12.0 Å². The van der Waals surface area contributed by atoms with Crippen LogP contribution < -0.4 is 0 Å². The summed E-state index contributed by atoms with van der Waals surface area (Å²) in [7, 11) is 0. The van der Waals surface area contributed by atoms with Crippen LogP contribution in [0.4, 0.5) is 0 Å². The molecular weight excluding hydrogens is 264 g/mol. The first-order valence-corrected chi connectivity index (χ1v) is 8.24. The molecule has 3 rings (SSSR count). The second-order valence-corrected chi connectivity index (χ2v) is 6.36. The molecular formula is C18H26O3. The highest BCUT2D eigenvalue weighted by atomic mass is 16.5. The van der Waals surface area contributed by atoms with Crippen LogP contribution in [0.5, 0.6) is 0 Å². The third kappa shape index (κ3) is 3.31. The third-order valence-electron chi connectivity index (χ3n) is 5.16. The molecule has 0 radical (unpaired) electrons. The van der Waals surface area contributed by atoms with Gasteiger partial charge in [0.1, 0.15) is 0 Å². The van der Waals surface area contributed by atoms with Gasteiger partial charge in [-0.2, -0.15) is 0 Å². The average molecular weight is 290 g/mol. The Morgan fingerprint density at radius 2 is 1.90 bits per heavy atom. The van der Waals surface area contributed by atoms with Gasteiger partial charge in [0.25, 0.3) is 0 Å². The SMILES string of the molecule is OC(CCC1CCCO1)C1(c2ccccc2)CCOCC1. The number of aliphatic hydroxyl groups excluding tert-OH is 1. The van der Waals surface area contributed by atoms with E-state index >= 15 is 0 Å². The maximum absolute atomic E-state index is 10.9. The zero-order chi connectivity index (χ0) is 14.5. The van der Waals surface area contributed by atoms with Crippen LogP contribution in [0, 0.1) is 0 Å². The van der Waals surface area contributed by atoms with Crippen molar-refractivity contribution in [3.8, 4) is 0 Å². The van der Waals surface area contributed by atoms with Crippen molar-refractivity contribution < 1.29 is 14.6 Å². The topological polar surface area (TPSA) is 38.7 Å². The van der Waals surface area contributed by atoms with Gasteiger partial charge in [-0.3, -0.25) is 0 Å². The Morgan fingerprint density at radius 3 is 2.57 bits per heavy atom. The van der Waals surface area contributed by atoms with E-state index in [4.69, 9.17) is 9.47 Å². The molecule has 0 aliphatic carbocycles. The average Bonchev–Trinajstić information content (AvgIpc) is 3.07. The first kappa shape index (κ1) is 15.0. The van der Waals surface area contributed by atoms with Gasteiger partial charge >= 0.3 is 0 Å². The second-order valence-electron chi connectivity index (χ2n) is 6.36. The molecule has 0 saturated carbocycles. The minimum Gasteiger partial charge on any atom is -0.392 e. The maximum atomic E-state index is 10.9. The van der Waals surface area contributed by atoms with Gasteiger partial charge in [0, 0.05) is 25.2 Å². The molecule has 3 nitrogen and oxygen atoms in total. The Labute approximate surface area is 127 Å². The highest BCUT2D eigenvalue weighted by Crippen LogP contribution is 2.40. The summed E-state index contributed by atoms with van der Waals surface area (Å²) in [4.78, 5) is 0. The van der Waals surface area contributed by atoms with E-state index in [-0.39, 0.29) is 11.5 Å². The molecule has 2 heterocycles. The molecule has 0 amide bonds. The lowest BCUT2D eigenvalue weighted by Crippen LogP contribution is -2.44. The molecule has 2 saturated heterocycles. The number of hydrogen-bond donors (Lipinski definition) is 1. The molecule has 2 atom stereocenters. The Kier molecular flexibility index (Phi) is 4.94. The Balaban J connectivity index is 1.71. The van der Waals surface area contributed by atoms with Gasteiger partial charge in [-0.25, -0.2) is 0 Å². The summed E-state index contributed by atoms with van der Waals surface area (Å²) in [5.74, 6) is 0. The minimum absolute atomic E-state index is 0.141. The normalized spacial score (nSPS) is 26.6. The Hall–Kier alpha value is -0.900. The van der Waals surface area contributed by atoms with E-state index in [1.54, 1.807) is 0 Å². The number of rotatable bonds is 5. The highest BCUT2D eigenvalue weighted by molar-refractivity contribution is 5.27. The van der Waals surface area contributed by atoms with Crippen molar-refractivity contribution in [1.82, 2.24) is 0 Å². The zero-order valence-electron chi connectivity index (χ0n) is 12.7. The van der Waals surface area contributed by atoms with Crippen molar-refractivity contribution in [2.24, 2.45) is 0 Å². The van der Waals surface area contributed by atoms with Crippen LogP contribution >= 0.6 is 0 Å². The van der Waals surface area contributed by atoms with Crippen LogP contribution in [-0.2, 0) is 14.9 Å². The molecule has 1 aromatic carbocycles. The van der Waals surface area contributed by atoms with Crippen LogP contribution in [0.15, 0.2) is 30.3 Å². The Morgan fingerprint density at radius 1 is 1.14 bits per heavy atom. The van der Waals surface area contributed by atoms with Gasteiger partial charge in [0.15, 0.2) is 0 Å². The standard InChI is InChI=1S/C18H26O3/c19-17(9-8-16-7-4-12-21-16)18(10-13-20-14-11-18)15-5-2-1-3-6-15/h1-3,5-6,16-17,19H,4,7-14H2. The number of ether oxygens (including phenoxy) is 2. The fourth-order valence-corrected chi connectivity index (χ4v) is 3.81. The van der Waals surface area contributed by atoms with Crippen molar-refractivity contribution in [3.05, 3.63) is 35.9 Å². The van der Waals surface area contributed by atoms with Crippen LogP contribution in [0.3, 0.4) is 0 Å². The Bertz CT molecular complexity index is 419. The van der Waals surface area contributed by atoms with Crippen molar-refractivity contribution >= 4 is 0 Å². The molecule has 1 N–H and O–H groups in total. The first-order chi connectivity index (χ1) is 10.3. The third-order valence-corrected chi connectivity index (χ3v) is 5.16. The molecule has 2 unspecified atom stereocenters. The van der Waals surface area contributed by atoms with E-state index in [9.17, 15) is 5.11 Å². The number of benzene rings is 1. The molecule has 3 heteroatoms. The predicted octanol–water partition coefficient (Wildman–Crippen LogP) is 3.05. The summed E-state index contributed by atoms with van der Waals surface area (Å²) in [5, 5.41) is 10.9. The molecule has 0 aromatic heterocycles. The monoisotopic (exact) mass is 290 g/mol. The maximum Gasteiger partial charge on any atom is 0.0639 e. The van der Waals surface area contributed by atoms with Gasteiger partial charge in [0.2, 0.25) is 0 Å². The largest absolute Gasteiger partial charge is 0.392 e. The fourth-order valence-electron chi connectivity index (χ4n) is 3.81. The molecule has 116 valence electrons. The lowest BCUT2D eigenvalue weighted by molar-refractivity contribution is -0.0248. The van der Waals surface area contributed by atoms with Gasteiger partial charge in [-0.15, -0.1) is 0 Å². The lowest BCUT2D eigenvalue weighted by Gasteiger charge is -2.42. The first-order valence-electron chi connectivity index (χ1n) is 8.24. The van der Waals surface area contributed by atoms with Crippen LogP contribution in [0.25, 0.3) is 0 Å². The summed E-state index contributed by atoms with van der Waals surface area (Å²) in [6, 6.07) is 10.5. The van der Waals surface area contributed by atoms with E-state index in [2.05, 4.69) is 24.3 Å². The number of hydrogen-bond acceptors (Lipinski definition) is 3.